The molecule has 1 unspecified atom stereocenters. The average molecular weight is 246 g/mol. The van der Waals surface area contributed by atoms with E-state index < -0.39 is 0 Å². The van der Waals surface area contributed by atoms with Crippen molar-refractivity contribution >= 4 is 5.97 Å². The molecule has 0 amide bonds. The van der Waals surface area contributed by atoms with Gasteiger partial charge in [-0.15, -0.1) is 0 Å². The molecule has 1 aliphatic heterocycles. The Bertz CT molecular complexity index is 507. The van der Waals surface area contributed by atoms with Crippen molar-refractivity contribution in [2.75, 3.05) is 7.11 Å². The van der Waals surface area contributed by atoms with Gasteiger partial charge in [0.2, 0.25) is 0 Å². The van der Waals surface area contributed by atoms with Crippen LogP contribution in [0.15, 0.2) is 12.1 Å². The van der Waals surface area contributed by atoms with Crippen LogP contribution in [0, 0.1) is 6.92 Å². The number of ether oxygens (including phenoxy) is 2. The van der Waals surface area contributed by atoms with Crippen molar-refractivity contribution in [1.82, 2.24) is 0 Å². The number of hydrogen-bond acceptors (Lipinski definition) is 3. The second kappa shape index (κ2) is 4.01. The van der Waals surface area contributed by atoms with Crippen molar-refractivity contribution in [3.05, 3.63) is 28.8 Å². The molecular formula is C15H18O3. The van der Waals surface area contributed by atoms with Crippen LogP contribution in [0.25, 0.3) is 0 Å². The maximum Gasteiger partial charge on any atom is 0.306 e. The fourth-order valence-electron chi connectivity index (χ4n) is 3.27. The first-order chi connectivity index (χ1) is 8.60. The first-order valence-electron chi connectivity index (χ1n) is 6.48. The molecular weight excluding hydrogens is 228 g/mol. The Morgan fingerprint density at radius 1 is 1.33 bits per heavy atom. The van der Waals surface area contributed by atoms with E-state index in [-0.39, 0.29) is 18.0 Å². The Labute approximate surface area is 107 Å². The van der Waals surface area contributed by atoms with Gasteiger partial charge in [0.05, 0.1) is 13.5 Å². The minimum absolute atomic E-state index is 0.0381. The van der Waals surface area contributed by atoms with E-state index in [1.165, 1.54) is 11.1 Å². The van der Waals surface area contributed by atoms with Gasteiger partial charge in [0.15, 0.2) is 0 Å². The molecule has 3 atom stereocenters. The van der Waals surface area contributed by atoms with Crippen LogP contribution in [0.1, 0.15) is 48.3 Å². The number of fused-ring (bicyclic) bond motifs is 4. The van der Waals surface area contributed by atoms with Gasteiger partial charge in [-0.3, -0.25) is 4.79 Å². The summed E-state index contributed by atoms with van der Waals surface area (Å²) in [7, 11) is 1.70. The van der Waals surface area contributed by atoms with Crippen LogP contribution in [-0.2, 0) is 9.53 Å². The third-order valence-corrected chi connectivity index (χ3v) is 4.30. The number of carbonyl (C=O) groups is 1. The van der Waals surface area contributed by atoms with Gasteiger partial charge in [0.25, 0.3) is 0 Å². The normalized spacial score (nSPS) is 29.5. The molecule has 0 saturated carbocycles. The van der Waals surface area contributed by atoms with Crippen LogP contribution >= 0.6 is 0 Å². The summed E-state index contributed by atoms with van der Waals surface area (Å²) in [5.74, 6) is 1.45. The molecule has 0 aromatic heterocycles. The molecule has 2 aliphatic rings. The van der Waals surface area contributed by atoms with Gasteiger partial charge in [-0.05, 0) is 42.0 Å². The summed E-state index contributed by atoms with van der Waals surface area (Å²) >= 11 is 0. The van der Waals surface area contributed by atoms with Crippen molar-refractivity contribution in [1.29, 1.82) is 0 Å². The molecule has 0 spiro atoms. The van der Waals surface area contributed by atoms with E-state index >= 15 is 0 Å². The zero-order valence-electron chi connectivity index (χ0n) is 11.0. The standard InChI is InChI=1S/C15H18O3/c1-8-4-12-10-5-14(18-15(16)6-10)9(2)11(12)7-13(8)17-3/h4,7,9-10,14H,5-6H2,1-3H3/t9?,10-,14-/m0/s1. The van der Waals surface area contributed by atoms with Crippen LogP contribution in [-0.4, -0.2) is 19.2 Å². The molecule has 3 nitrogen and oxygen atoms in total. The van der Waals surface area contributed by atoms with Gasteiger partial charge in [-0.25, -0.2) is 0 Å². The molecule has 1 aliphatic carbocycles. The first-order valence-corrected chi connectivity index (χ1v) is 6.48. The fraction of sp³-hybridized carbons (Fsp3) is 0.533. The Hall–Kier alpha value is -1.51. The molecule has 1 heterocycles. The van der Waals surface area contributed by atoms with E-state index in [0.717, 1.165) is 17.7 Å². The lowest BCUT2D eigenvalue weighted by Gasteiger charge is -2.40. The molecule has 0 radical (unpaired) electrons. The Kier molecular flexibility index (Phi) is 2.58. The number of carbonyl (C=O) groups excluding carboxylic acids is 1. The largest absolute Gasteiger partial charge is 0.496 e. The second-order valence-corrected chi connectivity index (χ2v) is 5.40. The van der Waals surface area contributed by atoms with Crippen molar-refractivity contribution < 1.29 is 14.3 Å². The molecule has 0 N–H and O–H groups in total. The maximum absolute atomic E-state index is 11.6. The summed E-state index contributed by atoms with van der Waals surface area (Å²) in [6.07, 6.45) is 1.52. The highest BCUT2D eigenvalue weighted by Crippen LogP contribution is 2.46. The Morgan fingerprint density at radius 2 is 2.11 bits per heavy atom. The van der Waals surface area contributed by atoms with E-state index in [2.05, 4.69) is 26.0 Å². The SMILES string of the molecule is COc1cc2c(cc1C)[C@@H]1CC(=O)O[C@@H](C1)C2C. The Balaban J connectivity index is 2.12. The smallest absolute Gasteiger partial charge is 0.306 e. The summed E-state index contributed by atoms with van der Waals surface area (Å²) in [5.41, 5.74) is 3.74. The zero-order valence-corrected chi connectivity index (χ0v) is 11.0. The molecule has 1 aromatic rings. The monoisotopic (exact) mass is 246 g/mol. The molecule has 18 heavy (non-hydrogen) atoms. The lowest BCUT2D eigenvalue weighted by molar-refractivity contribution is -0.156. The third-order valence-electron chi connectivity index (χ3n) is 4.30. The van der Waals surface area contributed by atoms with Gasteiger partial charge in [-0.2, -0.15) is 0 Å². The van der Waals surface area contributed by atoms with E-state index in [1.807, 2.05) is 0 Å². The lowest BCUT2D eigenvalue weighted by Crippen LogP contribution is -2.36. The quantitative estimate of drug-likeness (QED) is 0.715. The number of methoxy groups -OCH3 is 1. The van der Waals surface area contributed by atoms with E-state index in [4.69, 9.17) is 9.47 Å². The van der Waals surface area contributed by atoms with Gasteiger partial charge in [-0.1, -0.05) is 13.0 Å². The number of rotatable bonds is 1. The van der Waals surface area contributed by atoms with Gasteiger partial charge >= 0.3 is 5.97 Å². The van der Waals surface area contributed by atoms with Crippen molar-refractivity contribution in [2.24, 2.45) is 0 Å². The highest BCUT2D eigenvalue weighted by Gasteiger charge is 2.40. The zero-order chi connectivity index (χ0) is 12.9. The van der Waals surface area contributed by atoms with Crippen LogP contribution in [0.5, 0.6) is 5.75 Å². The van der Waals surface area contributed by atoms with E-state index in [1.54, 1.807) is 7.11 Å². The predicted molar refractivity (Wildman–Crippen MR) is 68.0 cm³/mol. The average Bonchev–Trinajstić information content (AvgIpc) is 2.35. The first kappa shape index (κ1) is 11.6. The second-order valence-electron chi connectivity index (χ2n) is 5.40. The third kappa shape index (κ3) is 1.61. The number of hydrogen-bond donors (Lipinski definition) is 0. The van der Waals surface area contributed by atoms with Crippen LogP contribution in [0.4, 0.5) is 0 Å². The molecule has 1 aromatic carbocycles. The highest BCUT2D eigenvalue weighted by atomic mass is 16.5. The van der Waals surface area contributed by atoms with Crippen molar-refractivity contribution in [3.8, 4) is 5.75 Å². The number of benzene rings is 1. The van der Waals surface area contributed by atoms with E-state index in [9.17, 15) is 4.79 Å². The van der Waals surface area contributed by atoms with E-state index in [0.29, 0.717) is 12.3 Å². The minimum atomic E-state index is -0.0535. The van der Waals surface area contributed by atoms with Gasteiger partial charge in [0, 0.05) is 5.92 Å². The predicted octanol–water partition coefficient (Wildman–Crippen LogP) is 2.91. The van der Waals surface area contributed by atoms with Crippen molar-refractivity contribution in [2.45, 2.75) is 44.6 Å². The number of aryl methyl sites for hydroxylation is 1. The van der Waals surface area contributed by atoms with Crippen LogP contribution in [0.3, 0.4) is 0 Å². The molecule has 3 rings (SSSR count). The van der Waals surface area contributed by atoms with Crippen LogP contribution in [0.2, 0.25) is 0 Å². The molecule has 96 valence electrons. The molecule has 2 bridgehead atoms. The molecule has 3 heteroatoms. The maximum atomic E-state index is 11.6. The van der Waals surface area contributed by atoms with Gasteiger partial charge < -0.3 is 9.47 Å². The summed E-state index contributed by atoms with van der Waals surface area (Å²) in [4.78, 5) is 11.6. The minimum Gasteiger partial charge on any atom is -0.496 e. The van der Waals surface area contributed by atoms with Crippen LogP contribution < -0.4 is 4.74 Å². The summed E-state index contributed by atoms with van der Waals surface area (Å²) in [5, 5.41) is 0. The molecule has 1 fully saturated rings. The Morgan fingerprint density at radius 3 is 2.83 bits per heavy atom. The molecule has 1 saturated heterocycles. The van der Waals surface area contributed by atoms with Gasteiger partial charge in [0.1, 0.15) is 11.9 Å². The fourth-order valence-corrected chi connectivity index (χ4v) is 3.27. The summed E-state index contributed by atoms with van der Waals surface area (Å²) in [6, 6.07) is 4.30. The number of esters is 1. The lowest BCUT2D eigenvalue weighted by atomic mass is 9.72. The topological polar surface area (TPSA) is 35.5 Å². The summed E-state index contributed by atoms with van der Waals surface area (Å²) < 4.78 is 10.8. The summed E-state index contributed by atoms with van der Waals surface area (Å²) in [6.45, 7) is 4.18. The highest BCUT2D eigenvalue weighted by molar-refractivity contribution is 5.73. The van der Waals surface area contributed by atoms with Crippen molar-refractivity contribution in [3.63, 3.8) is 0 Å².